The van der Waals surface area contributed by atoms with Crippen molar-refractivity contribution in [1.29, 1.82) is 0 Å². The van der Waals surface area contributed by atoms with Crippen LogP contribution < -0.4 is 5.32 Å². The molecule has 1 saturated heterocycles. The largest absolute Gasteiger partial charge is 0.444 e. The Bertz CT molecular complexity index is 1330. The van der Waals surface area contributed by atoms with Gasteiger partial charge in [-0.05, 0) is 57.9 Å². The monoisotopic (exact) mass is 484 g/mol. The van der Waals surface area contributed by atoms with Crippen LogP contribution in [0.15, 0.2) is 36.0 Å². The molecule has 0 bridgehead atoms. The van der Waals surface area contributed by atoms with Crippen molar-refractivity contribution in [2.24, 2.45) is 0 Å². The number of thiophene rings is 1. The Kier molecular flexibility index (Phi) is 5.70. The molecule has 1 aromatic carbocycles. The number of halogens is 1. The predicted molar refractivity (Wildman–Crippen MR) is 132 cm³/mol. The molecule has 0 spiro atoms. The van der Waals surface area contributed by atoms with Crippen LogP contribution in [0.5, 0.6) is 0 Å². The topological polar surface area (TPSA) is 67.3 Å². The number of piperidine rings is 1. The third-order valence-corrected chi connectivity index (χ3v) is 7.64. The zero-order valence-corrected chi connectivity index (χ0v) is 20.4. The Morgan fingerprint density at radius 3 is 2.91 bits per heavy atom. The molecule has 3 aromatic heterocycles. The second kappa shape index (κ2) is 8.53. The Morgan fingerprint density at radius 2 is 2.09 bits per heavy atom. The van der Waals surface area contributed by atoms with E-state index in [1.54, 1.807) is 34.0 Å². The van der Waals surface area contributed by atoms with E-state index in [0.717, 1.165) is 33.4 Å². The fourth-order valence-corrected chi connectivity index (χ4v) is 5.93. The molecular formula is C24H25FN4O2S2. The zero-order chi connectivity index (χ0) is 23.2. The van der Waals surface area contributed by atoms with E-state index in [1.165, 1.54) is 16.2 Å². The van der Waals surface area contributed by atoms with Crippen LogP contribution in [0.3, 0.4) is 0 Å². The second-order valence-corrected chi connectivity index (χ2v) is 11.2. The standard InChI is InChI=1S/C24H25FN4O2S2/c1-24(2,3)31-23(30)29-10-4-5-14(12-29)19-11-15-16(8-9-26-22(15)33-19)28-17-6-7-18-21(20(17)25)27-13-32-18/h6-9,11,13-14H,4-5,10,12H2,1-3H3,(H,26,28). The maximum absolute atomic E-state index is 14.9. The number of carbonyl (C=O) groups is 1. The molecule has 1 aliphatic rings. The first-order valence-electron chi connectivity index (χ1n) is 10.9. The number of rotatable bonds is 3. The minimum Gasteiger partial charge on any atom is -0.444 e. The summed E-state index contributed by atoms with van der Waals surface area (Å²) < 4.78 is 21.3. The Labute approximate surface area is 199 Å². The first kappa shape index (κ1) is 22.0. The molecule has 1 fully saturated rings. The lowest BCUT2D eigenvalue weighted by atomic mass is 9.96. The van der Waals surface area contributed by atoms with Gasteiger partial charge in [-0.3, -0.25) is 0 Å². The summed E-state index contributed by atoms with van der Waals surface area (Å²) in [6.45, 7) is 6.98. The van der Waals surface area contributed by atoms with E-state index in [0.29, 0.717) is 24.3 Å². The van der Waals surface area contributed by atoms with Crippen molar-refractivity contribution < 1.29 is 13.9 Å². The lowest BCUT2D eigenvalue weighted by molar-refractivity contribution is 0.0199. The van der Waals surface area contributed by atoms with E-state index in [-0.39, 0.29) is 17.8 Å². The molecule has 5 rings (SSSR count). The second-order valence-electron chi connectivity index (χ2n) is 9.24. The number of aromatic nitrogens is 2. The first-order valence-corrected chi connectivity index (χ1v) is 12.6. The number of anilines is 2. The van der Waals surface area contributed by atoms with Gasteiger partial charge in [0.1, 0.15) is 15.9 Å². The summed E-state index contributed by atoms with van der Waals surface area (Å²) in [6, 6.07) is 7.60. The van der Waals surface area contributed by atoms with Gasteiger partial charge in [0.2, 0.25) is 0 Å². The molecule has 9 heteroatoms. The van der Waals surface area contributed by atoms with Crippen LogP contribution in [0.4, 0.5) is 20.6 Å². The van der Waals surface area contributed by atoms with Crippen molar-refractivity contribution in [3.05, 3.63) is 46.7 Å². The molecule has 1 atom stereocenters. The highest BCUT2D eigenvalue weighted by Crippen LogP contribution is 2.39. The first-order chi connectivity index (χ1) is 15.8. The number of fused-ring (bicyclic) bond motifs is 2. The maximum atomic E-state index is 14.9. The van der Waals surface area contributed by atoms with Crippen molar-refractivity contribution in [1.82, 2.24) is 14.9 Å². The average Bonchev–Trinajstić information content (AvgIpc) is 3.42. The third kappa shape index (κ3) is 4.52. The van der Waals surface area contributed by atoms with Crippen LogP contribution in [0.25, 0.3) is 20.4 Å². The summed E-state index contributed by atoms with van der Waals surface area (Å²) in [6.07, 6.45) is 3.40. The van der Waals surface area contributed by atoms with E-state index in [4.69, 9.17) is 4.74 Å². The third-order valence-electron chi connectivity index (χ3n) is 5.64. The van der Waals surface area contributed by atoms with Crippen LogP contribution in [0.2, 0.25) is 0 Å². The Morgan fingerprint density at radius 1 is 1.24 bits per heavy atom. The number of ether oxygens (including phenoxy) is 1. The molecule has 1 N–H and O–H groups in total. The highest BCUT2D eigenvalue weighted by molar-refractivity contribution is 7.18. The van der Waals surface area contributed by atoms with Gasteiger partial charge in [-0.1, -0.05) is 0 Å². The summed E-state index contributed by atoms with van der Waals surface area (Å²) in [4.78, 5) is 25.1. The van der Waals surface area contributed by atoms with E-state index < -0.39 is 5.60 Å². The van der Waals surface area contributed by atoms with Crippen LogP contribution in [0.1, 0.15) is 44.4 Å². The normalized spacial score (nSPS) is 17.0. The van der Waals surface area contributed by atoms with Crippen LogP contribution in [-0.4, -0.2) is 39.7 Å². The zero-order valence-electron chi connectivity index (χ0n) is 18.7. The molecule has 1 aliphatic heterocycles. The maximum Gasteiger partial charge on any atom is 0.410 e. The van der Waals surface area contributed by atoms with E-state index in [9.17, 15) is 9.18 Å². The number of pyridine rings is 1. The Balaban J connectivity index is 1.40. The lowest BCUT2D eigenvalue weighted by Crippen LogP contribution is -2.42. The number of nitrogens with one attached hydrogen (secondary N) is 1. The quantitative estimate of drug-likeness (QED) is 0.342. The summed E-state index contributed by atoms with van der Waals surface area (Å²) >= 11 is 3.05. The molecular weight excluding hydrogens is 459 g/mol. The molecule has 1 unspecified atom stereocenters. The molecule has 0 radical (unpaired) electrons. The smallest absolute Gasteiger partial charge is 0.410 e. The molecule has 0 saturated carbocycles. The SMILES string of the molecule is CC(C)(C)OC(=O)N1CCCC(c2cc3c(Nc4ccc5scnc5c4F)ccnc3s2)C1. The van der Waals surface area contributed by atoms with Gasteiger partial charge in [-0.2, -0.15) is 0 Å². The van der Waals surface area contributed by atoms with Crippen molar-refractivity contribution in [3.63, 3.8) is 0 Å². The average molecular weight is 485 g/mol. The minimum absolute atomic E-state index is 0.224. The number of carbonyl (C=O) groups excluding carboxylic acids is 1. The van der Waals surface area contributed by atoms with Gasteiger partial charge in [0.05, 0.1) is 21.6 Å². The van der Waals surface area contributed by atoms with Gasteiger partial charge in [-0.25, -0.2) is 19.2 Å². The molecule has 4 aromatic rings. The van der Waals surface area contributed by atoms with Gasteiger partial charge in [0.25, 0.3) is 0 Å². The minimum atomic E-state index is -0.511. The summed E-state index contributed by atoms with van der Waals surface area (Å²) in [5, 5.41) is 4.19. The number of nitrogens with zero attached hydrogens (tertiary/aromatic N) is 3. The highest BCUT2D eigenvalue weighted by Gasteiger charge is 2.29. The predicted octanol–water partition coefficient (Wildman–Crippen LogP) is 6.90. The fourth-order valence-electron chi connectivity index (χ4n) is 4.11. The van der Waals surface area contributed by atoms with Crippen molar-refractivity contribution in [3.8, 4) is 0 Å². The van der Waals surface area contributed by atoms with Crippen LogP contribution >= 0.6 is 22.7 Å². The number of amides is 1. The number of thiazole rings is 1. The number of hydrogen-bond donors (Lipinski definition) is 1. The Hall–Kier alpha value is -2.78. The summed E-state index contributed by atoms with van der Waals surface area (Å²) in [5.41, 5.74) is 2.71. The summed E-state index contributed by atoms with van der Waals surface area (Å²) in [5.74, 6) is -0.129. The van der Waals surface area contributed by atoms with E-state index in [2.05, 4.69) is 21.4 Å². The molecule has 6 nitrogen and oxygen atoms in total. The highest BCUT2D eigenvalue weighted by atomic mass is 32.1. The number of hydrogen-bond acceptors (Lipinski definition) is 7. The van der Waals surface area contributed by atoms with Gasteiger partial charge < -0.3 is 15.0 Å². The van der Waals surface area contributed by atoms with Crippen LogP contribution in [-0.2, 0) is 4.74 Å². The van der Waals surface area contributed by atoms with Gasteiger partial charge in [0.15, 0.2) is 5.82 Å². The van der Waals surface area contributed by atoms with Crippen molar-refractivity contribution in [2.75, 3.05) is 18.4 Å². The fraction of sp³-hybridized carbons (Fsp3) is 0.375. The van der Waals surface area contributed by atoms with Crippen LogP contribution in [0, 0.1) is 5.82 Å². The number of likely N-dealkylation sites (tertiary alicyclic amines) is 1. The summed E-state index contributed by atoms with van der Waals surface area (Å²) in [7, 11) is 0. The van der Waals surface area contributed by atoms with E-state index in [1.807, 2.05) is 32.9 Å². The molecule has 33 heavy (non-hydrogen) atoms. The van der Waals surface area contributed by atoms with Gasteiger partial charge >= 0.3 is 6.09 Å². The number of benzene rings is 1. The van der Waals surface area contributed by atoms with Gasteiger partial charge in [-0.15, -0.1) is 22.7 Å². The molecule has 1 amide bonds. The lowest BCUT2D eigenvalue weighted by Gasteiger charge is -2.33. The van der Waals surface area contributed by atoms with Gasteiger partial charge in [0, 0.05) is 35.5 Å². The van der Waals surface area contributed by atoms with Crippen molar-refractivity contribution in [2.45, 2.75) is 45.1 Å². The molecule has 4 heterocycles. The molecule has 0 aliphatic carbocycles. The molecule has 172 valence electrons. The van der Waals surface area contributed by atoms with Crippen molar-refractivity contribution >= 4 is 60.6 Å². The van der Waals surface area contributed by atoms with E-state index >= 15 is 0 Å².